The van der Waals surface area contributed by atoms with Gasteiger partial charge < -0.3 is 30.2 Å². The van der Waals surface area contributed by atoms with Crippen LogP contribution in [0.2, 0.25) is 0 Å². The Kier molecular flexibility index (Phi) is 12.6. The van der Waals surface area contributed by atoms with Crippen molar-refractivity contribution in [2.75, 3.05) is 0 Å². The minimum atomic E-state index is -1.37. The van der Waals surface area contributed by atoms with Gasteiger partial charge in [-0.25, -0.2) is 9.97 Å². The Morgan fingerprint density at radius 3 is 1.35 bits per heavy atom. The van der Waals surface area contributed by atoms with Crippen LogP contribution in [0.15, 0.2) is 59.4 Å². The summed E-state index contributed by atoms with van der Waals surface area (Å²) in [6, 6.07) is 7.22. The van der Waals surface area contributed by atoms with Crippen LogP contribution in [0, 0.1) is 0 Å². The van der Waals surface area contributed by atoms with Gasteiger partial charge in [0.05, 0.1) is 12.4 Å². The molecule has 10 heteroatoms. The maximum absolute atomic E-state index is 9.50. The summed E-state index contributed by atoms with van der Waals surface area (Å²) in [4.78, 5) is 24.7. The fraction of sp³-hybridized carbons (Fsp3) is 0.125. The molecule has 0 aromatic carbocycles. The molecular weight excluding hydrogens is 344 g/mol. The van der Waals surface area contributed by atoms with Gasteiger partial charge >= 0.3 is 0 Å². The largest absolute Gasteiger partial charge is 0.550 e. The van der Waals surface area contributed by atoms with Crippen LogP contribution in [0.4, 0.5) is 0 Å². The number of carbonyl (C=O) groups excluding carboxylic acids is 2. The van der Waals surface area contributed by atoms with Gasteiger partial charge in [-0.3, -0.25) is 0 Å². The highest BCUT2D eigenvalue weighted by molar-refractivity contribution is 5.78. The zero-order valence-electron chi connectivity index (χ0n) is 13.6. The number of rotatable bonds is 5. The summed E-state index contributed by atoms with van der Waals surface area (Å²) >= 11 is 0. The van der Waals surface area contributed by atoms with Crippen molar-refractivity contribution in [3.63, 3.8) is 0 Å². The number of aliphatic carboxylic acids is 2. The molecule has 2 aromatic heterocycles. The van der Waals surface area contributed by atoms with E-state index in [0.29, 0.717) is 0 Å². The molecule has 138 valence electrons. The van der Waals surface area contributed by atoms with Crippen molar-refractivity contribution in [2.24, 2.45) is 10.3 Å². The lowest BCUT2D eigenvalue weighted by molar-refractivity contribution is -0.378. The molecule has 0 fully saturated rings. The number of carboxylic acid groups (broad SMARTS) is 2. The summed E-state index contributed by atoms with van der Waals surface area (Å²) in [7, 11) is 0. The molecule has 0 radical (unpaired) electrons. The van der Waals surface area contributed by atoms with Gasteiger partial charge in [0.15, 0.2) is 24.8 Å². The molecule has 0 atom stereocenters. The first-order valence-corrected chi connectivity index (χ1v) is 7.16. The molecule has 2 aromatic rings. The van der Waals surface area contributed by atoms with Gasteiger partial charge in [-0.05, 0) is 12.8 Å². The predicted molar refractivity (Wildman–Crippen MR) is 84.0 cm³/mol. The van der Waals surface area contributed by atoms with E-state index in [1.54, 1.807) is 49.1 Å². The number of hydrogen-bond donors (Lipinski definition) is 2. The molecule has 0 aliphatic carbocycles. The molecule has 0 aliphatic heterocycles. The Bertz CT molecular complexity index is 631. The number of nitrogens with zero attached hydrogens (tertiary/aromatic N) is 2. The second kappa shape index (κ2) is 14.8. The van der Waals surface area contributed by atoms with Crippen molar-refractivity contribution in [3.05, 3.63) is 60.2 Å². The molecule has 4 N–H and O–H groups in total. The molecule has 0 spiro atoms. The van der Waals surface area contributed by atoms with Gasteiger partial charge in [0.1, 0.15) is 0 Å². The standard InChI is InChI=1S/2C6H6N2O.C4H6O4/c2*9-8-5-6-1-3-7-4-2-6;5-3(6)1-2-4(7)8/h2*1-5,9H;1-2H2,(H,5,6)(H,7,8)/b2*8-5+;. The monoisotopic (exact) mass is 362 g/mol. The highest BCUT2D eigenvalue weighted by Gasteiger charge is 1.86. The first kappa shape index (κ1) is 22.2. The molecule has 0 bridgehead atoms. The first-order valence-electron chi connectivity index (χ1n) is 7.16. The quantitative estimate of drug-likeness (QED) is 0.349. The van der Waals surface area contributed by atoms with Crippen molar-refractivity contribution in [1.82, 2.24) is 0 Å². The van der Waals surface area contributed by atoms with Crippen molar-refractivity contribution in [1.29, 1.82) is 0 Å². The lowest BCUT2D eigenvalue weighted by Crippen LogP contribution is -2.27. The van der Waals surface area contributed by atoms with E-state index in [0.717, 1.165) is 11.1 Å². The molecule has 2 heterocycles. The van der Waals surface area contributed by atoms with Crippen molar-refractivity contribution < 1.29 is 40.2 Å². The Morgan fingerprint density at radius 1 is 0.808 bits per heavy atom. The van der Waals surface area contributed by atoms with Gasteiger partial charge in [-0.1, -0.05) is 10.3 Å². The van der Waals surface area contributed by atoms with Gasteiger partial charge in [-0.2, -0.15) is 0 Å². The normalized spacial score (nSPS) is 9.69. The smallest absolute Gasteiger partial charge is 0.167 e. The number of aromatic amines is 2. The van der Waals surface area contributed by atoms with Crippen LogP contribution in [0.5, 0.6) is 0 Å². The fourth-order valence-electron chi connectivity index (χ4n) is 1.31. The number of carboxylic acids is 2. The third-order valence-electron chi connectivity index (χ3n) is 2.43. The molecule has 0 amide bonds. The van der Waals surface area contributed by atoms with Gasteiger partial charge in [0.2, 0.25) is 0 Å². The van der Waals surface area contributed by atoms with Crippen LogP contribution in [0.3, 0.4) is 0 Å². The van der Waals surface area contributed by atoms with Gasteiger partial charge in [0.25, 0.3) is 0 Å². The SMILES string of the molecule is O/N=C/c1cc[nH+]cc1.O/N=C/c1cc[nH+]cc1.O=C([O-])CCC(=O)[O-]. The molecule has 0 unspecified atom stereocenters. The lowest BCUT2D eigenvalue weighted by atomic mass is 10.3. The Balaban J connectivity index is 0.000000362. The van der Waals surface area contributed by atoms with E-state index in [9.17, 15) is 19.8 Å². The average molecular weight is 362 g/mol. The molecule has 2 rings (SSSR count). The Hall–Kier alpha value is -3.82. The minimum absolute atomic E-state index is 0.470. The first-order chi connectivity index (χ1) is 12.5. The number of carbonyl (C=O) groups is 2. The van der Waals surface area contributed by atoms with E-state index in [1.165, 1.54) is 12.4 Å². The number of nitrogens with one attached hydrogen (secondary N) is 2. The predicted octanol–water partition coefficient (Wildman–Crippen LogP) is -2.12. The highest BCUT2D eigenvalue weighted by Crippen LogP contribution is 1.87. The van der Waals surface area contributed by atoms with Crippen LogP contribution in [0.25, 0.3) is 0 Å². The zero-order chi connectivity index (χ0) is 19.6. The highest BCUT2D eigenvalue weighted by atomic mass is 16.4. The summed E-state index contributed by atoms with van der Waals surface area (Å²) in [6.45, 7) is 0. The molecular formula is C16H18N4O6. The molecule has 0 aliphatic rings. The third-order valence-corrected chi connectivity index (χ3v) is 2.43. The van der Waals surface area contributed by atoms with E-state index in [4.69, 9.17) is 10.4 Å². The number of H-pyrrole nitrogens is 2. The Labute approximate surface area is 148 Å². The topological polar surface area (TPSA) is 174 Å². The van der Waals surface area contributed by atoms with E-state index in [-0.39, 0.29) is 0 Å². The van der Waals surface area contributed by atoms with Crippen molar-refractivity contribution in [3.8, 4) is 0 Å². The fourth-order valence-corrected chi connectivity index (χ4v) is 1.31. The van der Waals surface area contributed by atoms with E-state index < -0.39 is 24.8 Å². The summed E-state index contributed by atoms with van der Waals surface area (Å²) in [6.07, 6.45) is 8.84. The third kappa shape index (κ3) is 13.8. The molecule has 10 nitrogen and oxygen atoms in total. The Morgan fingerprint density at radius 2 is 1.12 bits per heavy atom. The molecule has 0 saturated carbocycles. The summed E-state index contributed by atoms with van der Waals surface area (Å²) in [5, 5.41) is 40.9. The van der Waals surface area contributed by atoms with Crippen LogP contribution in [-0.2, 0) is 9.59 Å². The van der Waals surface area contributed by atoms with E-state index in [1.807, 2.05) is 0 Å². The van der Waals surface area contributed by atoms with Crippen LogP contribution >= 0.6 is 0 Å². The summed E-state index contributed by atoms with van der Waals surface area (Å²) < 4.78 is 0. The summed E-state index contributed by atoms with van der Waals surface area (Å²) in [5.74, 6) is -2.73. The molecule has 0 saturated heterocycles. The average Bonchev–Trinajstić information content (AvgIpc) is 2.63. The van der Waals surface area contributed by atoms with Crippen LogP contribution in [0.1, 0.15) is 24.0 Å². The lowest BCUT2D eigenvalue weighted by Gasteiger charge is -2.00. The van der Waals surface area contributed by atoms with Gasteiger partial charge in [-0.15, -0.1) is 0 Å². The van der Waals surface area contributed by atoms with Crippen LogP contribution in [-0.4, -0.2) is 34.8 Å². The second-order valence-corrected chi connectivity index (χ2v) is 4.40. The number of oxime groups is 2. The van der Waals surface area contributed by atoms with Gasteiger partial charge in [0, 0.05) is 47.3 Å². The number of pyridine rings is 2. The van der Waals surface area contributed by atoms with E-state index >= 15 is 0 Å². The number of hydrogen-bond acceptors (Lipinski definition) is 8. The van der Waals surface area contributed by atoms with Crippen molar-refractivity contribution in [2.45, 2.75) is 12.8 Å². The second-order valence-electron chi connectivity index (χ2n) is 4.40. The number of aromatic nitrogens is 2. The summed E-state index contributed by atoms with van der Waals surface area (Å²) in [5.41, 5.74) is 1.74. The zero-order valence-corrected chi connectivity index (χ0v) is 13.6. The maximum Gasteiger partial charge on any atom is 0.167 e. The van der Waals surface area contributed by atoms with Crippen molar-refractivity contribution >= 4 is 24.4 Å². The van der Waals surface area contributed by atoms with Crippen LogP contribution < -0.4 is 20.2 Å². The minimum Gasteiger partial charge on any atom is -0.550 e. The molecule has 26 heavy (non-hydrogen) atoms. The maximum atomic E-state index is 9.50. The van der Waals surface area contributed by atoms with E-state index in [2.05, 4.69) is 20.3 Å².